The van der Waals surface area contributed by atoms with Crippen molar-refractivity contribution in [3.63, 3.8) is 0 Å². The molecular weight excluding hydrogens is 284 g/mol. The number of primary amides is 1. The summed E-state index contributed by atoms with van der Waals surface area (Å²) < 4.78 is 0. The molecule has 1 aliphatic rings. The van der Waals surface area contributed by atoms with Gasteiger partial charge in [0.05, 0.1) is 6.04 Å². The molecule has 1 atom stereocenters. The largest absolute Gasteiger partial charge is 0.388 e. The Morgan fingerprint density at radius 1 is 1.27 bits per heavy atom. The third-order valence-electron chi connectivity index (χ3n) is 3.29. The number of hydrogen-bond donors (Lipinski definition) is 3. The van der Waals surface area contributed by atoms with Gasteiger partial charge in [0, 0.05) is 31.9 Å². The fourth-order valence-corrected chi connectivity index (χ4v) is 2.11. The predicted octanol–water partition coefficient (Wildman–Crippen LogP) is 0.258. The fourth-order valence-electron chi connectivity index (χ4n) is 2.11. The average molecular weight is 302 g/mol. The van der Waals surface area contributed by atoms with Gasteiger partial charge < -0.3 is 16.4 Å². The molecule has 7 heteroatoms. The molecule has 3 amide bonds. The van der Waals surface area contributed by atoms with E-state index in [0.29, 0.717) is 13.1 Å². The van der Waals surface area contributed by atoms with Gasteiger partial charge in [-0.25, -0.2) is 4.79 Å². The SMILES string of the molecule is NC(=O)C(=O)CC(NC(=O)N1C=CNCC1)c1ccccc1. The molecule has 0 fully saturated rings. The second kappa shape index (κ2) is 7.26. The van der Waals surface area contributed by atoms with Crippen LogP contribution in [0.25, 0.3) is 0 Å². The molecule has 0 spiro atoms. The number of amides is 3. The first-order valence-corrected chi connectivity index (χ1v) is 6.92. The number of Topliss-reactive ketones (excluding diaryl/α,β-unsaturated/α-hetero) is 1. The van der Waals surface area contributed by atoms with E-state index in [1.165, 1.54) is 4.90 Å². The van der Waals surface area contributed by atoms with Gasteiger partial charge in [-0.3, -0.25) is 14.5 Å². The molecule has 1 aliphatic heterocycles. The van der Waals surface area contributed by atoms with Crippen molar-refractivity contribution >= 4 is 17.7 Å². The maximum atomic E-state index is 12.2. The van der Waals surface area contributed by atoms with Gasteiger partial charge in [0.25, 0.3) is 5.91 Å². The molecule has 7 nitrogen and oxygen atoms in total. The highest BCUT2D eigenvalue weighted by molar-refractivity contribution is 6.35. The lowest BCUT2D eigenvalue weighted by atomic mass is 10.0. The second-order valence-electron chi connectivity index (χ2n) is 4.87. The fraction of sp³-hybridized carbons (Fsp3) is 0.267. The summed E-state index contributed by atoms with van der Waals surface area (Å²) in [5.74, 6) is -1.72. The highest BCUT2D eigenvalue weighted by Crippen LogP contribution is 2.17. The third-order valence-corrected chi connectivity index (χ3v) is 3.29. The molecule has 0 saturated heterocycles. The summed E-state index contributed by atoms with van der Waals surface area (Å²) >= 11 is 0. The Hall–Kier alpha value is -2.83. The first-order valence-electron chi connectivity index (χ1n) is 6.92. The Morgan fingerprint density at radius 2 is 2.00 bits per heavy atom. The van der Waals surface area contributed by atoms with Gasteiger partial charge in [-0.15, -0.1) is 0 Å². The van der Waals surface area contributed by atoms with E-state index < -0.39 is 17.7 Å². The summed E-state index contributed by atoms with van der Waals surface area (Å²) in [7, 11) is 0. The molecule has 1 unspecified atom stereocenters. The summed E-state index contributed by atoms with van der Waals surface area (Å²) in [4.78, 5) is 36.3. The van der Waals surface area contributed by atoms with Crippen LogP contribution in [0.15, 0.2) is 42.7 Å². The van der Waals surface area contributed by atoms with E-state index in [2.05, 4.69) is 10.6 Å². The van der Waals surface area contributed by atoms with Gasteiger partial charge in [-0.05, 0) is 5.56 Å². The second-order valence-corrected chi connectivity index (χ2v) is 4.87. The van der Waals surface area contributed by atoms with Crippen LogP contribution in [0.5, 0.6) is 0 Å². The molecule has 0 aromatic heterocycles. The Morgan fingerprint density at radius 3 is 2.59 bits per heavy atom. The van der Waals surface area contributed by atoms with Crippen molar-refractivity contribution in [2.75, 3.05) is 13.1 Å². The summed E-state index contributed by atoms with van der Waals surface area (Å²) in [6.45, 7) is 1.17. The van der Waals surface area contributed by atoms with Gasteiger partial charge in [0.1, 0.15) is 0 Å². The van der Waals surface area contributed by atoms with Crippen LogP contribution in [0.1, 0.15) is 18.0 Å². The zero-order valence-corrected chi connectivity index (χ0v) is 12.0. The lowest BCUT2D eigenvalue weighted by Gasteiger charge is -2.26. The molecule has 116 valence electrons. The minimum absolute atomic E-state index is 0.166. The van der Waals surface area contributed by atoms with E-state index in [1.54, 1.807) is 36.7 Å². The lowest BCUT2D eigenvalue weighted by molar-refractivity contribution is -0.136. The van der Waals surface area contributed by atoms with Crippen LogP contribution in [0, 0.1) is 0 Å². The lowest BCUT2D eigenvalue weighted by Crippen LogP contribution is -2.44. The van der Waals surface area contributed by atoms with Crippen molar-refractivity contribution in [1.29, 1.82) is 0 Å². The molecular formula is C15H18N4O3. The van der Waals surface area contributed by atoms with Gasteiger partial charge >= 0.3 is 6.03 Å². The van der Waals surface area contributed by atoms with Gasteiger partial charge in [0.2, 0.25) is 5.78 Å². The van der Waals surface area contributed by atoms with Crippen molar-refractivity contribution in [3.8, 4) is 0 Å². The quantitative estimate of drug-likeness (QED) is 0.678. The van der Waals surface area contributed by atoms with E-state index >= 15 is 0 Å². The Kier molecular flexibility index (Phi) is 5.13. The number of benzene rings is 1. The predicted molar refractivity (Wildman–Crippen MR) is 80.4 cm³/mol. The zero-order chi connectivity index (χ0) is 15.9. The molecule has 1 aromatic carbocycles. The first-order chi connectivity index (χ1) is 10.6. The minimum Gasteiger partial charge on any atom is -0.388 e. The van der Waals surface area contributed by atoms with Crippen molar-refractivity contribution in [2.24, 2.45) is 5.73 Å². The molecule has 0 saturated carbocycles. The number of hydrogen-bond acceptors (Lipinski definition) is 4. The summed E-state index contributed by atoms with van der Waals surface area (Å²) in [5.41, 5.74) is 5.75. The van der Waals surface area contributed by atoms with Gasteiger partial charge in [-0.2, -0.15) is 0 Å². The third kappa shape index (κ3) is 4.08. The number of ketones is 1. The van der Waals surface area contributed by atoms with Crippen LogP contribution in [-0.4, -0.2) is 35.7 Å². The van der Waals surface area contributed by atoms with Crippen LogP contribution < -0.4 is 16.4 Å². The summed E-state index contributed by atoms with van der Waals surface area (Å²) in [6.07, 6.45) is 3.13. The Labute approximate surface area is 128 Å². The van der Waals surface area contributed by atoms with Crippen LogP contribution in [0.3, 0.4) is 0 Å². The minimum atomic E-state index is -1.00. The van der Waals surface area contributed by atoms with E-state index in [4.69, 9.17) is 5.73 Å². The standard InChI is InChI=1S/C15H18N4O3/c16-14(21)13(20)10-12(11-4-2-1-3-5-11)18-15(22)19-8-6-17-7-9-19/h1-6,8,12,17H,7,9-10H2,(H2,16,21)(H,18,22). The first kappa shape index (κ1) is 15.6. The molecule has 0 radical (unpaired) electrons. The van der Waals surface area contributed by atoms with Gasteiger partial charge in [-0.1, -0.05) is 30.3 Å². The Balaban J connectivity index is 2.12. The van der Waals surface area contributed by atoms with Crippen LogP contribution >= 0.6 is 0 Å². The maximum Gasteiger partial charge on any atom is 0.322 e. The smallest absolute Gasteiger partial charge is 0.322 e. The number of nitrogens with zero attached hydrogens (tertiary/aromatic N) is 1. The van der Waals surface area contributed by atoms with Crippen molar-refractivity contribution in [2.45, 2.75) is 12.5 Å². The normalized spacial score (nSPS) is 14.8. The van der Waals surface area contributed by atoms with E-state index in [9.17, 15) is 14.4 Å². The summed E-state index contributed by atoms with van der Waals surface area (Å²) in [5, 5.41) is 5.75. The van der Waals surface area contributed by atoms with Gasteiger partial charge in [0.15, 0.2) is 0 Å². The van der Waals surface area contributed by atoms with E-state index in [1.807, 2.05) is 6.07 Å². The monoisotopic (exact) mass is 302 g/mol. The highest BCUT2D eigenvalue weighted by atomic mass is 16.2. The molecule has 1 aromatic rings. The molecule has 4 N–H and O–H groups in total. The number of nitrogens with two attached hydrogens (primary N) is 1. The van der Waals surface area contributed by atoms with Crippen molar-refractivity contribution in [1.82, 2.24) is 15.5 Å². The molecule has 0 aliphatic carbocycles. The van der Waals surface area contributed by atoms with E-state index in [-0.39, 0.29) is 12.5 Å². The zero-order valence-electron chi connectivity index (χ0n) is 12.0. The topological polar surface area (TPSA) is 105 Å². The van der Waals surface area contributed by atoms with Crippen LogP contribution in [0.4, 0.5) is 4.79 Å². The van der Waals surface area contributed by atoms with Crippen molar-refractivity contribution in [3.05, 3.63) is 48.3 Å². The number of nitrogens with one attached hydrogen (secondary N) is 2. The van der Waals surface area contributed by atoms with Crippen LogP contribution in [-0.2, 0) is 9.59 Å². The number of rotatable bonds is 5. The molecule has 2 rings (SSSR count). The van der Waals surface area contributed by atoms with E-state index in [0.717, 1.165) is 5.56 Å². The average Bonchev–Trinajstić information content (AvgIpc) is 2.55. The van der Waals surface area contributed by atoms with Crippen LogP contribution in [0.2, 0.25) is 0 Å². The highest BCUT2D eigenvalue weighted by Gasteiger charge is 2.23. The van der Waals surface area contributed by atoms with Crippen molar-refractivity contribution < 1.29 is 14.4 Å². The number of carbonyl (C=O) groups excluding carboxylic acids is 3. The Bertz CT molecular complexity index is 586. The molecule has 22 heavy (non-hydrogen) atoms. The molecule has 0 bridgehead atoms. The maximum absolute atomic E-state index is 12.2. The number of urea groups is 1. The summed E-state index contributed by atoms with van der Waals surface area (Å²) in [6, 6.07) is 8.07. The number of carbonyl (C=O) groups is 3. The molecule has 1 heterocycles.